The van der Waals surface area contributed by atoms with Gasteiger partial charge in [0.1, 0.15) is 0 Å². The third kappa shape index (κ3) is 3.61. The molecule has 2 aliphatic heterocycles. The minimum absolute atomic E-state index is 0.490. The molecule has 1 aromatic rings. The molecule has 0 spiro atoms. The molecule has 126 valence electrons. The molecule has 3 aliphatic rings. The van der Waals surface area contributed by atoms with Gasteiger partial charge in [0, 0.05) is 38.3 Å². The average molecular weight is 315 g/mol. The van der Waals surface area contributed by atoms with Gasteiger partial charge in [0.15, 0.2) is 0 Å². The molecule has 0 amide bonds. The SMILES string of the molecule is CN(CC1CC1)C1COC[C@@H]2[C@@H]1NCCN2Cc1ccccc1. The summed E-state index contributed by atoms with van der Waals surface area (Å²) in [5.41, 5.74) is 1.40. The molecule has 23 heavy (non-hydrogen) atoms. The summed E-state index contributed by atoms with van der Waals surface area (Å²) in [7, 11) is 2.28. The molecule has 4 rings (SSSR count). The van der Waals surface area contributed by atoms with Crippen LogP contribution in [0.15, 0.2) is 30.3 Å². The molecule has 1 unspecified atom stereocenters. The van der Waals surface area contributed by atoms with Crippen LogP contribution in [0.1, 0.15) is 18.4 Å². The molecular formula is C19H29N3O. The Bertz CT molecular complexity index is 505. The maximum absolute atomic E-state index is 6.02. The second-order valence-electron chi connectivity index (χ2n) is 7.49. The van der Waals surface area contributed by atoms with E-state index < -0.39 is 0 Å². The van der Waals surface area contributed by atoms with Crippen molar-refractivity contribution >= 4 is 0 Å². The summed E-state index contributed by atoms with van der Waals surface area (Å²) in [4.78, 5) is 5.17. The lowest BCUT2D eigenvalue weighted by Gasteiger charge is -2.50. The second kappa shape index (κ2) is 6.89. The lowest BCUT2D eigenvalue weighted by atomic mass is 9.93. The van der Waals surface area contributed by atoms with Crippen LogP contribution in [-0.2, 0) is 11.3 Å². The van der Waals surface area contributed by atoms with Gasteiger partial charge in [0.25, 0.3) is 0 Å². The predicted octanol–water partition coefficient (Wildman–Crippen LogP) is 1.57. The molecule has 2 saturated heterocycles. The zero-order valence-corrected chi connectivity index (χ0v) is 14.2. The molecule has 1 saturated carbocycles. The highest BCUT2D eigenvalue weighted by molar-refractivity contribution is 5.15. The van der Waals surface area contributed by atoms with Crippen molar-refractivity contribution in [2.45, 2.75) is 37.5 Å². The first kappa shape index (κ1) is 15.6. The molecule has 2 heterocycles. The average Bonchev–Trinajstić information content (AvgIpc) is 3.39. The summed E-state index contributed by atoms with van der Waals surface area (Å²) in [6, 6.07) is 12.4. The summed E-state index contributed by atoms with van der Waals surface area (Å²) >= 11 is 0. The van der Waals surface area contributed by atoms with Gasteiger partial charge in [-0.3, -0.25) is 9.80 Å². The molecule has 1 aromatic carbocycles. The fourth-order valence-electron chi connectivity index (χ4n) is 4.18. The number of fused-ring (bicyclic) bond motifs is 1. The summed E-state index contributed by atoms with van der Waals surface area (Å²) in [6.07, 6.45) is 2.83. The van der Waals surface area contributed by atoms with Crippen molar-refractivity contribution in [3.63, 3.8) is 0 Å². The minimum Gasteiger partial charge on any atom is -0.378 e. The van der Waals surface area contributed by atoms with Gasteiger partial charge in [-0.05, 0) is 31.4 Å². The van der Waals surface area contributed by atoms with Crippen molar-refractivity contribution in [1.29, 1.82) is 0 Å². The van der Waals surface area contributed by atoms with Crippen LogP contribution in [0, 0.1) is 5.92 Å². The molecule has 3 atom stereocenters. The van der Waals surface area contributed by atoms with Crippen LogP contribution in [0.3, 0.4) is 0 Å². The molecule has 0 aromatic heterocycles. The van der Waals surface area contributed by atoms with E-state index in [0.717, 1.165) is 38.8 Å². The van der Waals surface area contributed by atoms with Crippen LogP contribution in [0.4, 0.5) is 0 Å². The van der Waals surface area contributed by atoms with E-state index in [1.54, 1.807) is 0 Å². The van der Waals surface area contributed by atoms with Gasteiger partial charge in [0.2, 0.25) is 0 Å². The van der Waals surface area contributed by atoms with Crippen LogP contribution in [0.2, 0.25) is 0 Å². The standard InChI is InChI=1S/C19H29N3O/c1-21(11-16-7-8-16)17-13-23-14-18-19(17)20-9-10-22(18)12-15-5-3-2-4-6-15/h2-6,16-20H,7-14H2,1H3/t17?,18-,19-/m1/s1. The largest absolute Gasteiger partial charge is 0.378 e. The molecule has 4 nitrogen and oxygen atoms in total. The van der Waals surface area contributed by atoms with Gasteiger partial charge >= 0.3 is 0 Å². The van der Waals surface area contributed by atoms with E-state index in [-0.39, 0.29) is 0 Å². The Morgan fingerprint density at radius 3 is 2.83 bits per heavy atom. The first-order valence-electron chi connectivity index (χ1n) is 9.10. The number of benzene rings is 1. The zero-order valence-electron chi connectivity index (χ0n) is 14.2. The number of likely N-dealkylation sites (N-methyl/N-ethyl adjacent to an activating group) is 1. The smallest absolute Gasteiger partial charge is 0.0638 e. The van der Waals surface area contributed by atoms with Crippen LogP contribution < -0.4 is 5.32 Å². The summed E-state index contributed by atoms with van der Waals surface area (Å²) in [5, 5.41) is 3.80. The van der Waals surface area contributed by atoms with Gasteiger partial charge in [-0.15, -0.1) is 0 Å². The normalized spacial score (nSPS) is 32.0. The highest BCUT2D eigenvalue weighted by Crippen LogP contribution is 2.31. The van der Waals surface area contributed by atoms with Crippen molar-refractivity contribution in [2.75, 3.05) is 39.9 Å². The quantitative estimate of drug-likeness (QED) is 0.893. The van der Waals surface area contributed by atoms with Crippen molar-refractivity contribution in [3.05, 3.63) is 35.9 Å². The number of hydrogen-bond acceptors (Lipinski definition) is 4. The minimum atomic E-state index is 0.490. The van der Waals surface area contributed by atoms with Gasteiger partial charge in [-0.2, -0.15) is 0 Å². The Hall–Kier alpha value is -0.940. The third-order valence-electron chi connectivity index (χ3n) is 5.69. The molecule has 4 heteroatoms. The molecule has 3 fully saturated rings. The number of ether oxygens (including phenoxy) is 1. The Balaban J connectivity index is 1.44. The zero-order chi connectivity index (χ0) is 15.6. The highest BCUT2D eigenvalue weighted by atomic mass is 16.5. The van der Waals surface area contributed by atoms with E-state index in [4.69, 9.17) is 4.74 Å². The van der Waals surface area contributed by atoms with Crippen LogP contribution in [-0.4, -0.2) is 67.8 Å². The Labute approximate surface area is 139 Å². The highest BCUT2D eigenvalue weighted by Gasteiger charge is 2.42. The molecular weight excluding hydrogens is 286 g/mol. The van der Waals surface area contributed by atoms with Gasteiger partial charge in [-0.25, -0.2) is 0 Å². The van der Waals surface area contributed by atoms with E-state index in [2.05, 4.69) is 52.5 Å². The Morgan fingerprint density at radius 2 is 2.04 bits per heavy atom. The first-order chi connectivity index (χ1) is 11.3. The number of hydrogen-bond donors (Lipinski definition) is 1. The molecule has 1 N–H and O–H groups in total. The summed E-state index contributed by atoms with van der Waals surface area (Å²) < 4.78 is 6.02. The predicted molar refractivity (Wildman–Crippen MR) is 92.4 cm³/mol. The van der Waals surface area contributed by atoms with Crippen molar-refractivity contribution in [3.8, 4) is 0 Å². The van der Waals surface area contributed by atoms with E-state index in [0.29, 0.717) is 18.1 Å². The van der Waals surface area contributed by atoms with E-state index in [1.165, 1.54) is 24.9 Å². The van der Waals surface area contributed by atoms with Gasteiger partial charge in [-0.1, -0.05) is 30.3 Å². The second-order valence-corrected chi connectivity index (χ2v) is 7.49. The van der Waals surface area contributed by atoms with Crippen molar-refractivity contribution < 1.29 is 4.74 Å². The van der Waals surface area contributed by atoms with E-state index in [9.17, 15) is 0 Å². The van der Waals surface area contributed by atoms with E-state index >= 15 is 0 Å². The van der Waals surface area contributed by atoms with Gasteiger partial charge < -0.3 is 10.1 Å². The van der Waals surface area contributed by atoms with Crippen molar-refractivity contribution in [2.24, 2.45) is 5.92 Å². The third-order valence-corrected chi connectivity index (χ3v) is 5.69. The molecule has 1 aliphatic carbocycles. The van der Waals surface area contributed by atoms with Gasteiger partial charge in [0.05, 0.1) is 19.3 Å². The van der Waals surface area contributed by atoms with Crippen LogP contribution in [0.25, 0.3) is 0 Å². The number of nitrogens with zero attached hydrogens (tertiary/aromatic N) is 2. The number of piperazine rings is 1. The molecule has 0 radical (unpaired) electrons. The molecule has 0 bridgehead atoms. The Morgan fingerprint density at radius 1 is 1.22 bits per heavy atom. The maximum Gasteiger partial charge on any atom is 0.0638 e. The van der Waals surface area contributed by atoms with Crippen LogP contribution >= 0.6 is 0 Å². The Kier molecular flexibility index (Phi) is 4.67. The van der Waals surface area contributed by atoms with E-state index in [1.807, 2.05) is 0 Å². The van der Waals surface area contributed by atoms with Crippen LogP contribution in [0.5, 0.6) is 0 Å². The summed E-state index contributed by atoms with van der Waals surface area (Å²) in [5.74, 6) is 0.935. The monoisotopic (exact) mass is 315 g/mol. The topological polar surface area (TPSA) is 27.7 Å². The summed E-state index contributed by atoms with van der Waals surface area (Å²) in [6.45, 7) is 6.19. The fourth-order valence-corrected chi connectivity index (χ4v) is 4.18. The maximum atomic E-state index is 6.02. The fraction of sp³-hybridized carbons (Fsp3) is 0.684. The lowest BCUT2D eigenvalue weighted by Crippen LogP contribution is -2.69. The number of rotatable bonds is 5. The van der Waals surface area contributed by atoms with Crippen molar-refractivity contribution in [1.82, 2.24) is 15.1 Å². The number of nitrogens with one attached hydrogen (secondary N) is 1. The lowest BCUT2D eigenvalue weighted by molar-refractivity contribution is -0.0683. The first-order valence-corrected chi connectivity index (χ1v) is 9.10.